The van der Waals surface area contributed by atoms with E-state index in [2.05, 4.69) is 57.2 Å². The lowest BCUT2D eigenvalue weighted by Gasteiger charge is -2.22. The molecule has 1 aliphatic rings. The third kappa shape index (κ3) is 2.68. The van der Waals surface area contributed by atoms with Crippen LogP contribution in [-0.2, 0) is 6.42 Å². The van der Waals surface area contributed by atoms with Gasteiger partial charge in [-0.3, -0.25) is 0 Å². The zero-order valence-electron chi connectivity index (χ0n) is 13.0. The monoisotopic (exact) mass is 281 g/mol. The van der Waals surface area contributed by atoms with Crippen molar-refractivity contribution in [3.05, 3.63) is 64.7 Å². The Balaban J connectivity index is 1.87. The maximum absolute atomic E-state index is 6.38. The first-order valence-electron chi connectivity index (χ1n) is 7.67. The van der Waals surface area contributed by atoms with Crippen molar-refractivity contribution >= 4 is 0 Å². The average Bonchev–Trinajstić information content (AvgIpc) is 2.76. The quantitative estimate of drug-likeness (QED) is 0.918. The lowest BCUT2D eigenvalue weighted by atomic mass is 10.0. The molecule has 0 saturated carbocycles. The second-order valence-electron chi connectivity index (χ2n) is 6.28. The van der Waals surface area contributed by atoms with Crippen molar-refractivity contribution in [2.45, 2.75) is 45.3 Å². The van der Waals surface area contributed by atoms with Crippen molar-refractivity contribution in [1.29, 1.82) is 0 Å². The smallest absolute Gasteiger partial charge is 0.123 e. The summed E-state index contributed by atoms with van der Waals surface area (Å²) >= 11 is 0. The van der Waals surface area contributed by atoms with Crippen molar-refractivity contribution in [2.24, 2.45) is 5.73 Å². The topological polar surface area (TPSA) is 35.2 Å². The standard InChI is InChI=1S/C19H23NO/c1-12(2)15-9-8-13(3)10-17(15)21-18-11-14-6-4-5-7-16(14)19(18)20/h4-10,12,18-19H,11,20H2,1-3H3. The number of ether oxygens (including phenoxy) is 1. The van der Waals surface area contributed by atoms with Gasteiger partial charge < -0.3 is 10.5 Å². The molecular formula is C19H23NO. The van der Waals surface area contributed by atoms with Crippen LogP contribution in [0.2, 0.25) is 0 Å². The Hall–Kier alpha value is -1.80. The molecule has 1 aliphatic carbocycles. The van der Waals surface area contributed by atoms with Gasteiger partial charge in [0.15, 0.2) is 0 Å². The van der Waals surface area contributed by atoms with Gasteiger partial charge in [0.2, 0.25) is 0 Å². The van der Waals surface area contributed by atoms with Crippen LogP contribution >= 0.6 is 0 Å². The van der Waals surface area contributed by atoms with Gasteiger partial charge in [-0.1, -0.05) is 50.2 Å². The molecule has 21 heavy (non-hydrogen) atoms. The first-order valence-corrected chi connectivity index (χ1v) is 7.67. The molecule has 0 aliphatic heterocycles. The molecule has 2 aromatic carbocycles. The van der Waals surface area contributed by atoms with Gasteiger partial charge in [-0.05, 0) is 41.2 Å². The van der Waals surface area contributed by atoms with Crippen LogP contribution in [0.3, 0.4) is 0 Å². The molecule has 3 rings (SSSR count). The summed E-state index contributed by atoms with van der Waals surface area (Å²) in [5.41, 5.74) is 11.4. The Morgan fingerprint density at radius 3 is 2.62 bits per heavy atom. The van der Waals surface area contributed by atoms with E-state index in [1.807, 2.05) is 6.07 Å². The largest absolute Gasteiger partial charge is 0.488 e. The predicted octanol–water partition coefficient (Wildman–Crippen LogP) is 4.12. The van der Waals surface area contributed by atoms with E-state index >= 15 is 0 Å². The molecule has 2 unspecified atom stereocenters. The SMILES string of the molecule is Cc1ccc(C(C)C)c(OC2Cc3ccccc3C2N)c1. The highest BCUT2D eigenvalue weighted by Gasteiger charge is 2.31. The Morgan fingerprint density at radius 2 is 1.90 bits per heavy atom. The molecule has 2 heteroatoms. The van der Waals surface area contributed by atoms with Crippen molar-refractivity contribution in [3.8, 4) is 5.75 Å². The van der Waals surface area contributed by atoms with E-state index in [0.29, 0.717) is 5.92 Å². The normalized spacial score (nSPS) is 20.6. The molecule has 2 aromatic rings. The minimum absolute atomic E-state index is 0.0294. The molecule has 2 N–H and O–H groups in total. The van der Waals surface area contributed by atoms with E-state index < -0.39 is 0 Å². The molecule has 110 valence electrons. The van der Waals surface area contributed by atoms with Crippen LogP contribution in [0.5, 0.6) is 5.75 Å². The Bertz CT molecular complexity index is 648. The fourth-order valence-electron chi connectivity index (χ4n) is 3.09. The molecule has 0 saturated heterocycles. The van der Waals surface area contributed by atoms with Gasteiger partial charge in [0, 0.05) is 6.42 Å². The summed E-state index contributed by atoms with van der Waals surface area (Å²) in [5.74, 6) is 1.43. The van der Waals surface area contributed by atoms with Crippen LogP contribution in [0.15, 0.2) is 42.5 Å². The Labute approximate surface area is 126 Å². The number of rotatable bonds is 3. The zero-order chi connectivity index (χ0) is 15.0. The van der Waals surface area contributed by atoms with Crippen LogP contribution in [0.25, 0.3) is 0 Å². The number of hydrogen-bond donors (Lipinski definition) is 1. The summed E-state index contributed by atoms with van der Waals surface area (Å²) in [6.07, 6.45) is 0.921. The first-order chi connectivity index (χ1) is 10.1. The lowest BCUT2D eigenvalue weighted by molar-refractivity contribution is 0.182. The maximum Gasteiger partial charge on any atom is 0.123 e. The molecule has 2 atom stereocenters. The average molecular weight is 281 g/mol. The van der Waals surface area contributed by atoms with Gasteiger partial charge in [-0.2, -0.15) is 0 Å². The fraction of sp³-hybridized carbons (Fsp3) is 0.368. The summed E-state index contributed by atoms with van der Waals surface area (Å²) in [7, 11) is 0. The molecule has 0 bridgehead atoms. The van der Waals surface area contributed by atoms with Crippen molar-refractivity contribution in [2.75, 3.05) is 0 Å². The highest BCUT2D eigenvalue weighted by molar-refractivity contribution is 5.41. The second-order valence-corrected chi connectivity index (χ2v) is 6.28. The number of benzene rings is 2. The van der Waals surface area contributed by atoms with Gasteiger partial charge in [0.05, 0.1) is 6.04 Å². The first kappa shape index (κ1) is 14.2. The van der Waals surface area contributed by atoms with E-state index in [4.69, 9.17) is 10.5 Å². The molecule has 0 fully saturated rings. The molecule has 0 radical (unpaired) electrons. The van der Waals surface area contributed by atoms with E-state index in [1.165, 1.54) is 22.3 Å². The van der Waals surface area contributed by atoms with Gasteiger partial charge in [-0.25, -0.2) is 0 Å². The minimum atomic E-state index is -0.0401. The molecule has 2 nitrogen and oxygen atoms in total. The Kier molecular flexibility index (Phi) is 3.73. The van der Waals surface area contributed by atoms with Crippen LogP contribution in [0, 0.1) is 6.92 Å². The summed E-state index contributed by atoms with van der Waals surface area (Å²) in [5, 5.41) is 0. The van der Waals surface area contributed by atoms with E-state index in [9.17, 15) is 0 Å². The number of hydrogen-bond acceptors (Lipinski definition) is 2. The lowest BCUT2D eigenvalue weighted by Crippen LogP contribution is -2.28. The van der Waals surface area contributed by atoms with E-state index in [0.717, 1.165) is 12.2 Å². The predicted molar refractivity (Wildman–Crippen MR) is 86.8 cm³/mol. The van der Waals surface area contributed by atoms with Crippen molar-refractivity contribution < 1.29 is 4.74 Å². The second kappa shape index (κ2) is 5.53. The van der Waals surface area contributed by atoms with Gasteiger partial charge in [0.25, 0.3) is 0 Å². The Morgan fingerprint density at radius 1 is 1.14 bits per heavy atom. The summed E-state index contributed by atoms with van der Waals surface area (Å²) in [4.78, 5) is 0. The van der Waals surface area contributed by atoms with Gasteiger partial charge in [-0.15, -0.1) is 0 Å². The number of nitrogens with two attached hydrogens (primary N) is 1. The zero-order valence-corrected chi connectivity index (χ0v) is 13.0. The molecule has 0 amide bonds. The highest BCUT2D eigenvalue weighted by Crippen LogP contribution is 2.35. The third-order valence-electron chi connectivity index (χ3n) is 4.31. The van der Waals surface area contributed by atoms with Crippen LogP contribution in [-0.4, -0.2) is 6.10 Å². The van der Waals surface area contributed by atoms with Crippen LogP contribution in [0.4, 0.5) is 0 Å². The summed E-state index contributed by atoms with van der Waals surface area (Å²) < 4.78 is 6.32. The van der Waals surface area contributed by atoms with E-state index in [1.54, 1.807) is 0 Å². The maximum atomic E-state index is 6.38. The third-order valence-corrected chi connectivity index (χ3v) is 4.31. The van der Waals surface area contributed by atoms with Crippen molar-refractivity contribution in [3.63, 3.8) is 0 Å². The van der Waals surface area contributed by atoms with Crippen LogP contribution in [0.1, 0.15) is 48.1 Å². The summed E-state index contributed by atoms with van der Waals surface area (Å²) in [6, 6.07) is 14.8. The molecule has 0 heterocycles. The fourth-order valence-corrected chi connectivity index (χ4v) is 3.09. The summed E-state index contributed by atoms with van der Waals surface area (Å²) in [6.45, 7) is 6.49. The van der Waals surface area contributed by atoms with Crippen molar-refractivity contribution in [1.82, 2.24) is 0 Å². The van der Waals surface area contributed by atoms with E-state index in [-0.39, 0.29) is 12.1 Å². The molecular weight excluding hydrogens is 258 g/mol. The van der Waals surface area contributed by atoms with Gasteiger partial charge in [0.1, 0.15) is 11.9 Å². The number of aryl methyl sites for hydroxylation is 1. The van der Waals surface area contributed by atoms with Crippen LogP contribution < -0.4 is 10.5 Å². The highest BCUT2D eigenvalue weighted by atomic mass is 16.5. The number of fused-ring (bicyclic) bond motifs is 1. The van der Waals surface area contributed by atoms with Gasteiger partial charge >= 0.3 is 0 Å². The molecule has 0 spiro atoms. The molecule has 0 aromatic heterocycles. The minimum Gasteiger partial charge on any atom is -0.488 e.